The molecule has 0 aliphatic rings. The summed E-state index contributed by atoms with van der Waals surface area (Å²) in [5.41, 5.74) is 3.82. The molecule has 0 saturated heterocycles. The van der Waals surface area contributed by atoms with Crippen LogP contribution >= 0.6 is 0 Å². The topological polar surface area (TPSA) is 47.3 Å². The Labute approximate surface area is 87.7 Å². The fraction of sp³-hybridized carbons (Fsp3) is 0.818. The molecule has 0 bridgehead atoms. The van der Waals surface area contributed by atoms with Crippen molar-refractivity contribution in [3.63, 3.8) is 0 Å². The van der Waals surface area contributed by atoms with Crippen molar-refractivity contribution in [3.05, 3.63) is 12.2 Å². The van der Waals surface area contributed by atoms with E-state index in [0.717, 1.165) is 19.3 Å². The quantitative estimate of drug-likeness (QED) is 0.375. The van der Waals surface area contributed by atoms with Gasteiger partial charge in [-0.05, 0) is 33.1 Å². The third kappa shape index (κ3) is 3.78. The van der Waals surface area contributed by atoms with E-state index < -0.39 is 0 Å². The Hall–Kier alpha value is -0.380. The highest BCUT2D eigenvalue weighted by molar-refractivity contribution is 4.94. The molecule has 0 aliphatic heterocycles. The maximum atomic E-state index is 5.54. The van der Waals surface area contributed by atoms with Gasteiger partial charge in [0.15, 0.2) is 0 Å². The van der Waals surface area contributed by atoms with Gasteiger partial charge in [-0.2, -0.15) is 0 Å². The van der Waals surface area contributed by atoms with Crippen molar-refractivity contribution in [3.8, 4) is 0 Å². The predicted octanol–water partition coefficient (Wildman–Crippen LogP) is 1.99. The van der Waals surface area contributed by atoms with Crippen molar-refractivity contribution >= 4 is 0 Å². The normalized spacial score (nSPS) is 17.5. The van der Waals surface area contributed by atoms with Crippen molar-refractivity contribution in [2.75, 3.05) is 7.11 Å². The summed E-state index contributed by atoms with van der Waals surface area (Å²) in [6.45, 7) is 10.1. The number of hydrogen-bond donors (Lipinski definition) is 2. The Kier molecular flexibility index (Phi) is 6.00. The van der Waals surface area contributed by atoms with E-state index >= 15 is 0 Å². The van der Waals surface area contributed by atoms with Crippen LogP contribution in [0.25, 0.3) is 0 Å². The van der Waals surface area contributed by atoms with E-state index in [-0.39, 0.29) is 11.6 Å². The van der Waals surface area contributed by atoms with Gasteiger partial charge in [0.2, 0.25) is 0 Å². The first kappa shape index (κ1) is 13.6. The van der Waals surface area contributed by atoms with E-state index in [9.17, 15) is 0 Å². The predicted molar refractivity (Wildman–Crippen MR) is 60.9 cm³/mol. The highest BCUT2D eigenvalue weighted by Crippen LogP contribution is 2.23. The summed E-state index contributed by atoms with van der Waals surface area (Å²) >= 11 is 0. The summed E-state index contributed by atoms with van der Waals surface area (Å²) < 4.78 is 5.50. The van der Waals surface area contributed by atoms with E-state index in [2.05, 4.69) is 25.9 Å². The van der Waals surface area contributed by atoms with Crippen LogP contribution in [0.5, 0.6) is 0 Å². The SMILES string of the molecule is C=C(C)CCC(NN)C(C)(CC)OC. The molecule has 0 amide bonds. The zero-order valence-corrected chi connectivity index (χ0v) is 9.89. The Morgan fingerprint density at radius 2 is 2.21 bits per heavy atom. The number of rotatable bonds is 7. The van der Waals surface area contributed by atoms with Gasteiger partial charge in [0.1, 0.15) is 0 Å². The molecule has 14 heavy (non-hydrogen) atoms. The van der Waals surface area contributed by atoms with Crippen LogP contribution < -0.4 is 11.3 Å². The molecular weight excluding hydrogens is 176 g/mol. The Balaban J connectivity index is 4.29. The maximum absolute atomic E-state index is 5.54. The lowest BCUT2D eigenvalue weighted by Crippen LogP contribution is -2.52. The smallest absolute Gasteiger partial charge is 0.0813 e. The summed E-state index contributed by atoms with van der Waals surface area (Å²) in [5.74, 6) is 5.54. The zero-order valence-electron chi connectivity index (χ0n) is 9.89. The van der Waals surface area contributed by atoms with Crippen LogP contribution in [0, 0.1) is 0 Å². The van der Waals surface area contributed by atoms with Crippen molar-refractivity contribution in [2.45, 2.75) is 51.7 Å². The summed E-state index contributed by atoms with van der Waals surface area (Å²) in [5, 5.41) is 0. The summed E-state index contributed by atoms with van der Waals surface area (Å²) in [4.78, 5) is 0. The Morgan fingerprint density at radius 3 is 2.50 bits per heavy atom. The lowest BCUT2D eigenvalue weighted by molar-refractivity contribution is -0.0310. The standard InChI is InChI=1S/C11H24N2O/c1-6-11(4,14-5)10(13-12)8-7-9(2)3/h10,13H,2,6-8,12H2,1,3-5H3. The largest absolute Gasteiger partial charge is 0.377 e. The molecule has 84 valence electrons. The molecule has 0 radical (unpaired) electrons. The van der Waals surface area contributed by atoms with E-state index in [1.165, 1.54) is 5.57 Å². The Bertz CT molecular complexity index is 176. The molecule has 0 aromatic carbocycles. The second-order valence-electron chi connectivity index (χ2n) is 4.09. The van der Waals surface area contributed by atoms with Gasteiger partial charge in [-0.15, -0.1) is 6.58 Å². The molecule has 0 aromatic rings. The average Bonchev–Trinajstić information content (AvgIpc) is 2.17. The van der Waals surface area contributed by atoms with E-state index in [1.807, 2.05) is 6.92 Å². The second kappa shape index (κ2) is 6.17. The van der Waals surface area contributed by atoms with E-state index in [0.29, 0.717) is 0 Å². The van der Waals surface area contributed by atoms with Gasteiger partial charge >= 0.3 is 0 Å². The van der Waals surface area contributed by atoms with Crippen molar-refractivity contribution in [1.29, 1.82) is 0 Å². The number of nitrogens with two attached hydrogens (primary N) is 1. The van der Waals surface area contributed by atoms with Gasteiger partial charge < -0.3 is 4.74 Å². The first-order chi connectivity index (χ1) is 6.50. The molecule has 0 spiro atoms. The molecule has 0 aliphatic carbocycles. The number of hydrazine groups is 1. The number of nitrogens with one attached hydrogen (secondary N) is 1. The fourth-order valence-corrected chi connectivity index (χ4v) is 1.49. The molecular formula is C11H24N2O. The van der Waals surface area contributed by atoms with Crippen LogP contribution in [0.4, 0.5) is 0 Å². The average molecular weight is 200 g/mol. The highest BCUT2D eigenvalue weighted by atomic mass is 16.5. The molecule has 2 unspecified atom stereocenters. The van der Waals surface area contributed by atoms with Gasteiger partial charge in [0.05, 0.1) is 11.6 Å². The van der Waals surface area contributed by atoms with Crippen LogP contribution in [-0.4, -0.2) is 18.8 Å². The maximum Gasteiger partial charge on any atom is 0.0813 e. The minimum Gasteiger partial charge on any atom is -0.377 e. The number of methoxy groups -OCH3 is 1. The van der Waals surface area contributed by atoms with Crippen molar-refractivity contribution in [1.82, 2.24) is 5.43 Å². The van der Waals surface area contributed by atoms with Gasteiger partial charge in [0, 0.05) is 7.11 Å². The van der Waals surface area contributed by atoms with Crippen LogP contribution in [0.3, 0.4) is 0 Å². The summed E-state index contributed by atoms with van der Waals surface area (Å²) in [6, 6.07) is 0.175. The lowest BCUT2D eigenvalue weighted by atomic mass is 9.89. The van der Waals surface area contributed by atoms with E-state index in [1.54, 1.807) is 7.11 Å². The summed E-state index contributed by atoms with van der Waals surface area (Å²) in [6.07, 6.45) is 2.88. The molecule has 3 heteroatoms. The minimum atomic E-state index is -0.190. The number of ether oxygens (including phenoxy) is 1. The van der Waals surface area contributed by atoms with Crippen molar-refractivity contribution < 1.29 is 4.74 Å². The number of hydrogen-bond acceptors (Lipinski definition) is 3. The zero-order chi connectivity index (χ0) is 11.2. The highest BCUT2D eigenvalue weighted by Gasteiger charge is 2.31. The van der Waals surface area contributed by atoms with Crippen molar-refractivity contribution in [2.24, 2.45) is 5.84 Å². The van der Waals surface area contributed by atoms with Gasteiger partial charge in [-0.3, -0.25) is 11.3 Å². The fourth-order valence-electron chi connectivity index (χ4n) is 1.49. The third-order valence-electron chi connectivity index (χ3n) is 2.97. The van der Waals surface area contributed by atoms with Gasteiger partial charge in [0.25, 0.3) is 0 Å². The molecule has 3 N–H and O–H groups in total. The monoisotopic (exact) mass is 200 g/mol. The first-order valence-electron chi connectivity index (χ1n) is 5.15. The third-order valence-corrected chi connectivity index (χ3v) is 2.97. The molecule has 0 fully saturated rings. The molecule has 0 aromatic heterocycles. The first-order valence-corrected chi connectivity index (χ1v) is 5.15. The van der Waals surface area contributed by atoms with Crippen LogP contribution in [0.1, 0.15) is 40.0 Å². The van der Waals surface area contributed by atoms with Gasteiger partial charge in [-0.25, -0.2) is 0 Å². The second-order valence-corrected chi connectivity index (χ2v) is 4.09. The Morgan fingerprint density at radius 1 is 1.64 bits per heavy atom. The number of allylic oxidation sites excluding steroid dienone is 1. The van der Waals surface area contributed by atoms with Crippen LogP contribution in [0.2, 0.25) is 0 Å². The molecule has 0 rings (SSSR count). The summed E-state index contributed by atoms with van der Waals surface area (Å²) in [7, 11) is 1.73. The van der Waals surface area contributed by atoms with Crippen LogP contribution in [0.15, 0.2) is 12.2 Å². The molecule has 0 heterocycles. The molecule has 0 saturated carbocycles. The molecule has 3 nitrogen and oxygen atoms in total. The minimum absolute atomic E-state index is 0.175. The lowest BCUT2D eigenvalue weighted by Gasteiger charge is -2.35. The molecule has 2 atom stereocenters. The van der Waals surface area contributed by atoms with Crippen LogP contribution in [-0.2, 0) is 4.74 Å². The van der Waals surface area contributed by atoms with E-state index in [4.69, 9.17) is 10.6 Å². The van der Waals surface area contributed by atoms with Gasteiger partial charge in [-0.1, -0.05) is 12.5 Å².